The summed E-state index contributed by atoms with van der Waals surface area (Å²) < 4.78 is 0. The van der Waals surface area contributed by atoms with E-state index >= 15 is 0 Å². The summed E-state index contributed by atoms with van der Waals surface area (Å²) in [5.74, 6) is 1.93. The van der Waals surface area contributed by atoms with E-state index in [1.54, 1.807) is 0 Å². The monoisotopic (exact) mass is 260 g/mol. The summed E-state index contributed by atoms with van der Waals surface area (Å²) >= 11 is 0. The SMILES string of the molecule is CC.CC.CCC.CCCC(CC)CC(C)CC. The van der Waals surface area contributed by atoms with Crippen LogP contribution in [0.2, 0.25) is 0 Å². The fourth-order valence-electron chi connectivity index (χ4n) is 1.63. The lowest BCUT2D eigenvalue weighted by Gasteiger charge is -2.17. The highest BCUT2D eigenvalue weighted by Crippen LogP contribution is 2.21. The van der Waals surface area contributed by atoms with Crippen molar-refractivity contribution in [1.29, 1.82) is 0 Å². The van der Waals surface area contributed by atoms with Crippen molar-refractivity contribution in [3.8, 4) is 0 Å². The maximum Gasteiger partial charge on any atom is -0.0414 e. The predicted octanol–water partition coefficient (Wildman–Crippen LogP) is 7.72. The highest BCUT2D eigenvalue weighted by atomic mass is 14.1. The summed E-state index contributed by atoms with van der Waals surface area (Å²) in [6, 6.07) is 0. The third kappa shape index (κ3) is 29.8. The molecule has 0 radical (unpaired) electrons. The lowest BCUT2D eigenvalue weighted by molar-refractivity contribution is 0.352. The minimum atomic E-state index is 0.937. The molecule has 0 nitrogen and oxygen atoms in total. The van der Waals surface area contributed by atoms with Crippen LogP contribution in [0.25, 0.3) is 0 Å². The average Bonchev–Trinajstić information content (AvgIpc) is 2.43. The van der Waals surface area contributed by atoms with Gasteiger partial charge in [-0.15, -0.1) is 0 Å². The zero-order valence-electron chi connectivity index (χ0n) is 15.4. The second-order valence-electron chi connectivity index (χ2n) is 4.52. The van der Waals surface area contributed by atoms with Crippen LogP contribution in [0.3, 0.4) is 0 Å². The number of rotatable bonds is 6. The van der Waals surface area contributed by atoms with Crippen molar-refractivity contribution in [2.75, 3.05) is 0 Å². The summed E-state index contributed by atoms with van der Waals surface area (Å²) in [4.78, 5) is 0. The van der Waals surface area contributed by atoms with Crippen LogP contribution in [0.4, 0.5) is 0 Å². The van der Waals surface area contributed by atoms with Gasteiger partial charge in [0.2, 0.25) is 0 Å². The van der Waals surface area contributed by atoms with Gasteiger partial charge in [0.25, 0.3) is 0 Å². The molecule has 116 valence electrons. The van der Waals surface area contributed by atoms with Crippen molar-refractivity contribution in [2.45, 2.75) is 108 Å². The normalized spacial score (nSPS) is 11.7. The van der Waals surface area contributed by atoms with Crippen LogP contribution in [0.5, 0.6) is 0 Å². The standard InChI is InChI=1S/C11H24.C3H8.2C2H6/c1-5-8-11(7-3)9-10(4)6-2;1-3-2;2*1-2/h10-11H,5-9H2,1-4H3;3H2,1-2H3;2*1-2H3. The van der Waals surface area contributed by atoms with Crippen molar-refractivity contribution in [2.24, 2.45) is 11.8 Å². The Labute approximate surface area is 120 Å². The Bertz CT molecular complexity index is 86.0. The topological polar surface area (TPSA) is 0 Å². The van der Waals surface area contributed by atoms with E-state index in [-0.39, 0.29) is 0 Å². The average molecular weight is 261 g/mol. The zero-order valence-corrected chi connectivity index (χ0v) is 15.4. The van der Waals surface area contributed by atoms with E-state index in [0.717, 1.165) is 11.8 Å². The predicted molar refractivity (Wildman–Crippen MR) is 91.4 cm³/mol. The van der Waals surface area contributed by atoms with E-state index in [9.17, 15) is 0 Å². The Balaban J connectivity index is -0.000000118. The van der Waals surface area contributed by atoms with E-state index in [4.69, 9.17) is 0 Å². The number of hydrogen-bond acceptors (Lipinski definition) is 0. The van der Waals surface area contributed by atoms with Crippen molar-refractivity contribution in [3.05, 3.63) is 0 Å². The van der Waals surface area contributed by atoms with Gasteiger partial charge >= 0.3 is 0 Å². The molecule has 18 heavy (non-hydrogen) atoms. The molecule has 0 spiro atoms. The van der Waals surface area contributed by atoms with Crippen LogP contribution < -0.4 is 0 Å². The summed E-state index contributed by atoms with van der Waals surface area (Å²) in [5, 5.41) is 0. The second kappa shape index (κ2) is 30.2. The van der Waals surface area contributed by atoms with Gasteiger partial charge in [0.05, 0.1) is 0 Å². The van der Waals surface area contributed by atoms with Crippen molar-refractivity contribution < 1.29 is 0 Å². The Hall–Kier alpha value is 0. The largest absolute Gasteiger partial charge is 0.0683 e. The Morgan fingerprint density at radius 3 is 1.33 bits per heavy atom. The van der Waals surface area contributed by atoms with Gasteiger partial charge in [-0.05, 0) is 18.3 Å². The molecule has 0 aliphatic rings. The van der Waals surface area contributed by atoms with E-state index in [2.05, 4.69) is 41.5 Å². The van der Waals surface area contributed by atoms with Gasteiger partial charge in [0.15, 0.2) is 0 Å². The van der Waals surface area contributed by atoms with Crippen LogP contribution >= 0.6 is 0 Å². The summed E-state index contributed by atoms with van der Waals surface area (Å²) in [7, 11) is 0. The first-order valence-electron chi connectivity index (χ1n) is 8.65. The molecule has 0 amide bonds. The summed E-state index contributed by atoms with van der Waals surface area (Å²) in [6.07, 6.45) is 8.20. The first-order valence-corrected chi connectivity index (χ1v) is 8.65. The summed E-state index contributed by atoms with van der Waals surface area (Å²) in [6.45, 7) is 21.5. The van der Waals surface area contributed by atoms with Gasteiger partial charge in [-0.3, -0.25) is 0 Å². The van der Waals surface area contributed by atoms with E-state index in [0.29, 0.717) is 0 Å². The molecular weight excluding hydrogens is 216 g/mol. The zero-order chi connectivity index (χ0) is 15.4. The molecule has 0 heteroatoms. The van der Waals surface area contributed by atoms with Gasteiger partial charge in [-0.1, -0.05) is 101 Å². The van der Waals surface area contributed by atoms with Crippen LogP contribution in [0.15, 0.2) is 0 Å². The molecule has 0 saturated heterocycles. The first kappa shape index (κ1) is 26.5. The minimum absolute atomic E-state index is 0.937. The van der Waals surface area contributed by atoms with Crippen molar-refractivity contribution in [1.82, 2.24) is 0 Å². The smallest absolute Gasteiger partial charge is 0.0414 e. The van der Waals surface area contributed by atoms with Crippen molar-refractivity contribution in [3.63, 3.8) is 0 Å². The molecule has 0 bridgehead atoms. The molecule has 0 heterocycles. The molecule has 0 fully saturated rings. The van der Waals surface area contributed by atoms with Crippen molar-refractivity contribution >= 4 is 0 Å². The molecule has 0 aliphatic heterocycles. The molecule has 2 atom stereocenters. The molecule has 0 saturated carbocycles. The van der Waals surface area contributed by atoms with Crippen LogP contribution in [-0.2, 0) is 0 Å². The van der Waals surface area contributed by atoms with Gasteiger partial charge in [0, 0.05) is 0 Å². The molecule has 0 aliphatic carbocycles. The lowest BCUT2D eigenvalue weighted by atomic mass is 9.89. The van der Waals surface area contributed by atoms with E-state index in [1.165, 1.54) is 38.5 Å². The van der Waals surface area contributed by atoms with E-state index in [1.807, 2.05) is 27.7 Å². The minimum Gasteiger partial charge on any atom is -0.0683 e. The molecule has 0 aromatic heterocycles. The third-order valence-electron chi connectivity index (χ3n) is 2.71. The lowest BCUT2D eigenvalue weighted by Crippen LogP contribution is -2.04. The maximum absolute atomic E-state index is 2.37. The molecule has 0 rings (SSSR count). The van der Waals surface area contributed by atoms with Gasteiger partial charge in [0.1, 0.15) is 0 Å². The number of hydrogen-bond donors (Lipinski definition) is 0. The van der Waals surface area contributed by atoms with Gasteiger partial charge < -0.3 is 0 Å². The molecule has 2 unspecified atom stereocenters. The Kier molecular flexibility index (Phi) is 44.6. The quantitative estimate of drug-likeness (QED) is 0.458. The Morgan fingerprint density at radius 1 is 0.722 bits per heavy atom. The fourth-order valence-corrected chi connectivity index (χ4v) is 1.63. The highest BCUT2D eigenvalue weighted by molar-refractivity contribution is 4.60. The fraction of sp³-hybridized carbons (Fsp3) is 1.00. The first-order chi connectivity index (χ1) is 8.65. The molecule has 0 aromatic carbocycles. The van der Waals surface area contributed by atoms with E-state index < -0.39 is 0 Å². The maximum atomic E-state index is 2.37. The molecular formula is C18H44. The molecule has 0 aromatic rings. The second-order valence-corrected chi connectivity index (χ2v) is 4.52. The van der Waals surface area contributed by atoms with Gasteiger partial charge in [-0.2, -0.15) is 0 Å². The van der Waals surface area contributed by atoms with Crippen LogP contribution in [0.1, 0.15) is 108 Å². The highest BCUT2D eigenvalue weighted by Gasteiger charge is 2.08. The van der Waals surface area contributed by atoms with Crippen LogP contribution in [-0.4, -0.2) is 0 Å². The van der Waals surface area contributed by atoms with Crippen LogP contribution in [0, 0.1) is 11.8 Å². The van der Waals surface area contributed by atoms with Gasteiger partial charge in [-0.25, -0.2) is 0 Å². The third-order valence-corrected chi connectivity index (χ3v) is 2.71. The molecule has 0 N–H and O–H groups in total. The Morgan fingerprint density at radius 2 is 1.11 bits per heavy atom. The summed E-state index contributed by atoms with van der Waals surface area (Å²) in [5.41, 5.74) is 0.